The van der Waals surface area contributed by atoms with E-state index in [0.717, 1.165) is 32.1 Å². The maximum Gasteiger partial charge on any atom is 0.472 e. The van der Waals surface area contributed by atoms with Gasteiger partial charge < -0.3 is 18.9 Å². The summed E-state index contributed by atoms with van der Waals surface area (Å²) in [5.41, 5.74) is 0. The lowest BCUT2D eigenvalue weighted by atomic mass is 10.0. The van der Waals surface area contributed by atoms with Gasteiger partial charge in [-0.15, -0.1) is 0 Å². The Labute approximate surface area is 298 Å². The first-order valence-corrected chi connectivity index (χ1v) is 21.8. The summed E-state index contributed by atoms with van der Waals surface area (Å²) >= 11 is 0. The minimum absolute atomic E-state index is 0.0935. The Bertz CT molecular complexity index is 746. The normalized spacial score (nSPS) is 13.9. The number of hydrogen-bond acceptors (Lipinski definition) is 6. The topological polar surface area (TPSA) is 91.3 Å². The zero-order chi connectivity index (χ0) is 35.6. The number of hydrogen-bond donors (Lipinski definition) is 1. The summed E-state index contributed by atoms with van der Waals surface area (Å²) in [6, 6.07) is 0. The van der Waals surface area contributed by atoms with E-state index in [1.165, 1.54) is 135 Å². The molecule has 0 aromatic heterocycles. The molecule has 9 heteroatoms. The molecule has 288 valence electrons. The number of likely N-dealkylation sites (N-methyl/N-ethyl adjacent to an activating group) is 1. The average Bonchev–Trinajstić information content (AvgIpc) is 3.03. The predicted molar refractivity (Wildman–Crippen MR) is 201 cm³/mol. The van der Waals surface area contributed by atoms with Gasteiger partial charge in [-0.2, -0.15) is 0 Å². The number of nitrogens with zero attached hydrogens (tertiary/aromatic N) is 1. The zero-order valence-corrected chi connectivity index (χ0v) is 33.4. The molecule has 0 aliphatic carbocycles. The van der Waals surface area contributed by atoms with Crippen molar-refractivity contribution in [3.05, 3.63) is 0 Å². The van der Waals surface area contributed by atoms with Crippen LogP contribution in [0.5, 0.6) is 0 Å². The molecular formula is C39H81NO7P+. The average molecular weight is 707 g/mol. The van der Waals surface area contributed by atoms with Gasteiger partial charge in [-0.25, -0.2) is 4.57 Å². The van der Waals surface area contributed by atoms with Crippen molar-refractivity contribution in [2.24, 2.45) is 0 Å². The number of carbonyl (C=O) groups is 1. The molecule has 2 unspecified atom stereocenters. The summed E-state index contributed by atoms with van der Waals surface area (Å²) < 4.78 is 34.9. The van der Waals surface area contributed by atoms with Gasteiger partial charge in [-0.1, -0.05) is 168 Å². The van der Waals surface area contributed by atoms with Gasteiger partial charge >= 0.3 is 13.8 Å². The lowest BCUT2D eigenvalue weighted by Crippen LogP contribution is -2.37. The summed E-state index contributed by atoms with van der Waals surface area (Å²) in [6.45, 7) is 5.66. The van der Waals surface area contributed by atoms with Crippen molar-refractivity contribution in [1.82, 2.24) is 0 Å². The second-order valence-corrected chi connectivity index (χ2v) is 16.5. The Balaban J connectivity index is 4.23. The third kappa shape index (κ3) is 36.8. The van der Waals surface area contributed by atoms with E-state index in [2.05, 4.69) is 13.8 Å². The van der Waals surface area contributed by atoms with E-state index >= 15 is 0 Å². The van der Waals surface area contributed by atoms with Gasteiger partial charge in [-0.3, -0.25) is 13.8 Å². The van der Waals surface area contributed by atoms with Gasteiger partial charge in [0.1, 0.15) is 19.3 Å². The number of rotatable bonds is 38. The van der Waals surface area contributed by atoms with Gasteiger partial charge in [0.2, 0.25) is 0 Å². The molecule has 0 fully saturated rings. The van der Waals surface area contributed by atoms with Crippen LogP contribution in [0.3, 0.4) is 0 Å². The van der Waals surface area contributed by atoms with Crippen LogP contribution in [0.4, 0.5) is 0 Å². The highest BCUT2D eigenvalue weighted by Gasteiger charge is 2.26. The van der Waals surface area contributed by atoms with E-state index in [1.807, 2.05) is 21.1 Å². The third-order valence-corrected chi connectivity index (χ3v) is 9.90. The molecule has 0 aromatic rings. The first-order valence-electron chi connectivity index (χ1n) is 20.3. The van der Waals surface area contributed by atoms with Crippen molar-refractivity contribution in [1.29, 1.82) is 0 Å². The fourth-order valence-electron chi connectivity index (χ4n) is 5.73. The highest BCUT2D eigenvalue weighted by molar-refractivity contribution is 7.47. The number of ether oxygens (including phenoxy) is 2. The smallest absolute Gasteiger partial charge is 0.457 e. The monoisotopic (exact) mass is 707 g/mol. The van der Waals surface area contributed by atoms with Crippen LogP contribution in [0.2, 0.25) is 0 Å². The van der Waals surface area contributed by atoms with Crippen molar-refractivity contribution >= 4 is 13.8 Å². The van der Waals surface area contributed by atoms with E-state index in [4.69, 9.17) is 18.5 Å². The Morgan fingerprint density at radius 2 is 0.958 bits per heavy atom. The largest absolute Gasteiger partial charge is 0.472 e. The second kappa shape index (κ2) is 33.6. The molecule has 0 aliphatic heterocycles. The van der Waals surface area contributed by atoms with E-state index < -0.39 is 13.9 Å². The molecule has 8 nitrogen and oxygen atoms in total. The lowest BCUT2D eigenvalue weighted by molar-refractivity contribution is -0.870. The van der Waals surface area contributed by atoms with Crippen molar-refractivity contribution in [3.8, 4) is 0 Å². The summed E-state index contributed by atoms with van der Waals surface area (Å²) in [5.74, 6) is -0.310. The zero-order valence-electron chi connectivity index (χ0n) is 32.5. The number of quaternary nitrogens is 1. The Kier molecular flexibility index (Phi) is 33.3. The molecule has 0 saturated carbocycles. The molecule has 0 saturated heterocycles. The molecule has 0 spiro atoms. The fourth-order valence-corrected chi connectivity index (χ4v) is 6.47. The molecule has 1 N–H and O–H groups in total. The van der Waals surface area contributed by atoms with Crippen LogP contribution >= 0.6 is 7.82 Å². The van der Waals surface area contributed by atoms with E-state index in [1.54, 1.807) is 0 Å². The van der Waals surface area contributed by atoms with Gasteiger partial charge in [0, 0.05) is 13.0 Å². The molecule has 0 radical (unpaired) electrons. The van der Waals surface area contributed by atoms with E-state index in [9.17, 15) is 14.3 Å². The van der Waals surface area contributed by atoms with Crippen LogP contribution in [0.25, 0.3) is 0 Å². The lowest BCUT2D eigenvalue weighted by Gasteiger charge is -2.24. The van der Waals surface area contributed by atoms with Crippen molar-refractivity contribution in [3.63, 3.8) is 0 Å². The van der Waals surface area contributed by atoms with Crippen LogP contribution in [-0.2, 0) is 27.9 Å². The van der Waals surface area contributed by atoms with E-state index in [-0.39, 0.29) is 25.8 Å². The van der Waals surface area contributed by atoms with Crippen molar-refractivity contribution in [2.75, 3.05) is 54.1 Å². The first kappa shape index (κ1) is 47.5. The molecule has 0 heterocycles. The molecular weight excluding hydrogens is 625 g/mol. The van der Waals surface area contributed by atoms with E-state index in [0.29, 0.717) is 24.1 Å². The van der Waals surface area contributed by atoms with Crippen LogP contribution < -0.4 is 0 Å². The van der Waals surface area contributed by atoms with Crippen LogP contribution in [0.15, 0.2) is 0 Å². The van der Waals surface area contributed by atoms with Gasteiger partial charge in [-0.05, 0) is 12.8 Å². The molecule has 0 rings (SSSR count). The first-order chi connectivity index (χ1) is 23.1. The van der Waals surface area contributed by atoms with Gasteiger partial charge in [0.05, 0.1) is 34.4 Å². The number of esters is 1. The van der Waals surface area contributed by atoms with Gasteiger partial charge in [0.15, 0.2) is 0 Å². The Hall–Kier alpha value is -0.500. The summed E-state index contributed by atoms with van der Waals surface area (Å²) in [6.07, 6.45) is 32.6. The van der Waals surface area contributed by atoms with Crippen molar-refractivity contribution in [2.45, 2.75) is 193 Å². The minimum atomic E-state index is -4.26. The summed E-state index contributed by atoms with van der Waals surface area (Å²) in [5, 5.41) is 0. The molecule has 2 atom stereocenters. The third-order valence-electron chi connectivity index (χ3n) is 8.92. The highest BCUT2D eigenvalue weighted by atomic mass is 31.2. The molecule has 0 aromatic carbocycles. The predicted octanol–water partition coefficient (Wildman–Crippen LogP) is 11.3. The highest BCUT2D eigenvalue weighted by Crippen LogP contribution is 2.43. The maximum absolute atomic E-state index is 12.6. The maximum atomic E-state index is 12.6. The summed E-state index contributed by atoms with van der Waals surface area (Å²) in [4.78, 5) is 22.8. The number of phosphoric ester groups is 1. The number of carbonyl (C=O) groups excluding carboxylic acids is 1. The Morgan fingerprint density at radius 3 is 1.38 bits per heavy atom. The molecule has 0 bridgehead atoms. The quantitative estimate of drug-likeness (QED) is 0.0296. The number of phosphoric acid groups is 1. The van der Waals surface area contributed by atoms with Crippen LogP contribution in [0, 0.1) is 0 Å². The number of unbranched alkanes of at least 4 members (excludes halogenated alkanes) is 24. The Morgan fingerprint density at radius 1 is 0.562 bits per heavy atom. The standard InChI is InChI=1S/C39H80NO7P/c1-6-8-10-12-14-16-18-19-20-21-22-24-26-28-30-32-39(41)47-38(37-46-48(42,43)45-35-33-40(3,4)5)36-44-34-31-29-27-25-23-17-15-13-11-9-7-2/h38H,6-37H2,1-5H3/p+1. The molecule has 48 heavy (non-hydrogen) atoms. The minimum Gasteiger partial charge on any atom is -0.457 e. The second-order valence-electron chi connectivity index (χ2n) is 15.0. The van der Waals surface area contributed by atoms with Gasteiger partial charge in [0.25, 0.3) is 0 Å². The molecule has 0 aliphatic rings. The van der Waals surface area contributed by atoms with Crippen molar-refractivity contribution < 1.29 is 37.3 Å². The summed E-state index contributed by atoms with van der Waals surface area (Å²) in [7, 11) is 1.68. The fraction of sp³-hybridized carbons (Fsp3) is 0.974. The molecule has 0 amide bonds. The van der Waals surface area contributed by atoms with Crippen LogP contribution in [-0.4, -0.2) is 75.6 Å². The SMILES string of the molecule is CCCCCCCCCCCCCCCCCC(=O)OC(COCCCCCCCCCCCCC)COP(=O)(O)OCC[N+](C)(C)C. The van der Waals surface area contributed by atoms with Crippen LogP contribution in [0.1, 0.15) is 187 Å².